The molecule has 0 aliphatic heterocycles. The van der Waals surface area contributed by atoms with Crippen molar-refractivity contribution in [1.82, 2.24) is 0 Å². The molecule has 0 atom stereocenters. The van der Waals surface area contributed by atoms with E-state index >= 15 is 0 Å². The van der Waals surface area contributed by atoms with Gasteiger partial charge in [-0.3, -0.25) is 10.2 Å². The minimum absolute atomic E-state index is 0.661. The van der Waals surface area contributed by atoms with Gasteiger partial charge in [-0.25, -0.2) is 5.01 Å². The molecule has 92 valence electrons. The first kappa shape index (κ1) is 12.5. The lowest BCUT2D eigenvalue weighted by Crippen LogP contribution is -2.27. The van der Waals surface area contributed by atoms with E-state index in [-0.39, 0.29) is 0 Å². The molecule has 0 bridgehead atoms. The highest BCUT2D eigenvalue weighted by molar-refractivity contribution is 6.30. The lowest BCUT2D eigenvalue weighted by Gasteiger charge is -2.19. The normalized spacial score (nSPS) is 9.89. The van der Waals surface area contributed by atoms with E-state index in [4.69, 9.17) is 11.6 Å². The van der Waals surface area contributed by atoms with Gasteiger partial charge >= 0.3 is 0 Å². The average Bonchev–Trinajstić information content (AvgIpc) is 2.39. The Morgan fingerprint density at radius 2 is 1.67 bits per heavy atom. The number of rotatable bonds is 4. The van der Waals surface area contributed by atoms with Crippen LogP contribution >= 0.6 is 11.6 Å². The first-order valence-corrected chi connectivity index (χ1v) is 5.90. The van der Waals surface area contributed by atoms with Gasteiger partial charge in [0.25, 0.3) is 0 Å². The van der Waals surface area contributed by atoms with Crippen LogP contribution in [0, 0.1) is 6.92 Å². The number of carbonyl (C=O) groups is 1. The Labute approximate surface area is 111 Å². The average molecular weight is 261 g/mol. The Hall–Kier alpha value is -2.00. The number of hydrogen-bond acceptors (Lipinski definition) is 2. The molecule has 0 saturated carbocycles. The van der Waals surface area contributed by atoms with Crippen LogP contribution in [0.1, 0.15) is 5.56 Å². The predicted octanol–water partition coefficient (Wildman–Crippen LogP) is 3.64. The second-order valence-electron chi connectivity index (χ2n) is 3.93. The lowest BCUT2D eigenvalue weighted by atomic mass is 10.2. The van der Waals surface area contributed by atoms with Crippen molar-refractivity contribution in [2.24, 2.45) is 0 Å². The molecule has 0 unspecified atom stereocenters. The highest BCUT2D eigenvalue weighted by Crippen LogP contribution is 2.18. The summed E-state index contributed by atoms with van der Waals surface area (Å²) in [5.74, 6) is 0. The highest BCUT2D eigenvalue weighted by Gasteiger charge is 2.04. The van der Waals surface area contributed by atoms with Crippen LogP contribution in [0.3, 0.4) is 0 Å². The number of benzene rings is 2. The summed E-state index contributed by atoms with van der Waals surface area (Å²) in [7, 11) is 0. The van der Waals surface area contributed by atoms with Crippen molar-refractivity contribution in [3.05, 3.63) is 59.1 Å². The Balaban J connectivity index is 2.16. The summed E-state index contributed by atoms with van der Waals surface area (Å²) >= 11 is 5.81. The topological polar surface area (TPSA) is 32.3 Å². The number of hydrogen-bond donors (Lipinski definition) is 1. The minimum atomic E-state index is 0.661. The number of halogens is 1. The molecule has 1 N–H and O–H groups in total. The standard InChI is InChI=1S/C14H13ClN2O/c1-11-2-8-14(9-3-11)17(10-18)16-13-6-4-12(15)5-7-13/h2-10,16H,1H3. The lowest BCUT2D eigenvalue weighted by molar-refractivity contribution is -0.107. The van der Waals surface area contributed by atoms with Gasteiger partial charge in [-0.15, -0.1) is 0 Å². The van der Waals surface area contributed by atoms with Crippen molar-refractivity contribution in [3.8, 4) is 0 Å². The molecular weight excluding hydrogens is 248 g/mol. The fourth-order valence-electron chi connectivity index (χ4n) is 1.52. The number of anilines is 2. The first-order chi connectivity index (χ1) is 8.69. The maximum Gasteiger partial charge on any atom is 0.232 e. The molecule has 4 heteroatoms. The van der Waals surface area contributed by atoms with Crippen molar-refractivity contribution in [2.75, 3.05) is 10.4 Å². The minimum Gasteiger partial charge on any atom is -0.292 e. The maximum atomic E-state index is 11.1. The summed E-state index contributed by atoms with van der Waals surface area (Å²) in [6.45, 7) is 2.00. The smallest absolute Gasteiger partial charge is 0.232 e. The van der Waals surface area contributed by atoms with Gasteiger partial charge in [0.15, 0.2) is 0 Å². The number of carbonyl (C=O) groups excluding carboxylic acids is 1. The van der Waals surface area contributed by atoms with Crippen LogP contribution in [0.5, 0.6) is 0 Å². The molecule has 0 radical (unpaired) electrons. The van der Waals surface area contributed by atoms with Gasteiger partial charge in [0.05, 0.1) is 11.4 Å². The van der Waals surface area contributed by atoms with Crippen LogP contribution < -0.4 is 10.4 Å². The van der Waals surface area contributed by atoms with E-state index in [1.807, 2.05) is 43.3 Å². The summed E-state index contributed by atoms with van der Waals surface area (Å²) in [4.78, 5) is 11.1. The molecule has 18 heavy (non-hydrogen) atoms. The fourth-order valence-corrected chi connectivity index (χ4v) is 1.65. The SMILES string of the molecule is Cc1ccc(N(C=O)Nc2ccc(Cl)cc2)cc1. The van der Waals surface area contributed by atoms with E-state index in [1.54, 1.807) is 12.1 Å². The zero-order valence-electron chi connectivity index (χ0n) is 9.93. The molecule has 0 aliphatic carbocycles. The number of nitrogens with zero attached hydrogens (tertiary/aromatic N) is 1. The summed E-state index contributed by atoms with van der Waals surface area (Å²) in [6, 6.07) is 14.8. The third kappa shape index (κ3) is 3.02. The summed E-state index contributed by atoms with van der Waals surface area (Å²) in [5.41, 5.74) is 5.73. The Morgan fingerprint density at radius 3 is 2.22 bits per heavy atom. The van der Waals surface area contributed by atoms with Gasteiger partial charge in [0.1, 0.15) is 0 Å². The second-order valence-corrected chi connectivity index (χ2v) is 4.37. The molecular formula is C14H13ClN2O. The number of hydrazine groups is 1. The monoisotopic (exact) mass is 260 g/mol. The van der Waals surface area contributed by atoms with E-state index in [0.717, 1.165) is 23.3 Å². The van der Waals surface area contributed by atoms with Crippen LogP contribution in [-0.4, -0.2) is 6.41 Å². The summed E-state index contributed by atoms with van der Waals surface area (Å²) in [5, 5.41) is 2.08. The van der Waals surface area contributed by atoms with Crippen LogP contribution in [-0.2, 0) is 4.79 Å². The Kier molecular flexibility index (Phi) is 3.85. The largest absolute Gasteiger partial charge is 0.292 e. The van der Waals surface area contributed by atoms with Crippen LogP contribution in [0.4, 0.5) is 11.4 Å². The van der Waals surface area contributed by atoms with Gasteiger partial charge in [-0.2, -0.15) is 0 Å². The van der Waals surface area contributed by atoms with Crippen molar-refractivity contribution >= 4 is 29.4 Å². The molecule has 1 amide bonds. The first-order valence-electron chi connectivity index (χ1n) is 5.52. The van der Waals surface area contributed by atoms with E-state index in [2.05, 4.69) is 5.43 Å². The van der Waals surface area contributed by atoms with E-state index in [9.17, 15) is 4.79 Å². The number of aryl methyl sites for hydroxylation is 1. The molecule has 0 heterocycles. The van der Waals surface area contributed by atoms with Gasteiger partial charge < -0.3 is 0 Å². The third-order valence-corrected chi connectivity index (χ3v) is 2.76. The second kappa shape index (κ2) is 5.56. The zero-order chi connectivity index (χ0) is 13.0. The van der Waals surface area contributed by atoms with Gasteiger partial charge in [0.2, 0.25) is 6.41 Å². The highest BCUT2D eigenvalue weighted by atomic mass is 35.5. The molecule has 2 aromatic rings. The van der Waals surface area contributed by atoms with Crippen molar-refractivity contribution in [1.29, 1.82) is 0 Å². The van der Waals surface area contributed by atoms with Crippen LogP contribution in [0.2, 0.25) is 5.02 Å². The number of amides is 1. The van der Waals surface area contributed by atoms with Crippen molar-refractivity contribution < 1.29 is 4.79 Å². The van der Waals surface area contributed by atoms with E-state index < -0.39 is 0 Å². The Bertz CT molecular complexity index is 522. The molecule has 0 saturated heterocycles. The van der Waals surface area contributed by atoms with Gasteiger partial charge in [-0.05, 0) is 43.3 Å². The van der Waals surface area contributed by atoms with Gasteiger partial charge in [0, 0.05) is 5.02 Å². The van der Waals surface area contributed by atoms with E-state index in [1.165, 1.54) is 5.01 Å². The molecule has 2 rings (SSSR count). The van der Waals surface area contributed by atoms with E-state index in [0.29, 0.717) is 5.02 Å². The summed E-state index contributed by atoms with van der Waals surface area (Å²) in [6.07, 6.45) is 0.735. The molecule has 3 nitrogen and oxygen atoms in total. The maximum absolute atomic E-state index is 11.1. The van der Waals surface area contributed by atoms with Crippen molar-refractivity contribution in [2.45, 2.75) is 6.92 Å². The van der Waals surface area contributed by atoms with Gasteiger partial charge in [-0.1, -0.05) is 29.3 Å². The zero-order valence-corrected chi connectivity index (χ0v) is 10.7. The molecule has 2 aromatic carbocycles. The quantitative estimate of drug-likeness (QED) is 0.672. The molecule has 0 aliphatic rings. The summed E-state index contributed by atoms with van der Waals surface area (Å²) < 4.78 is 0. The molecule has 0 spiro atoms. The third-order valence-electron chi connectivity index (χ3n) is 2.51. The van der Waals surface area contributed by atoms with Crippen LogP contribution in [0.15, 0.2) is 48.5 Å². The van der Waals surface area contributed by atoms with Crippen molar-refractivity contribution in [3.63, 3.8) is 0 Å². The molecule has 0 aromatic heterocycles. The Morgan fingerprint density at radius 1 is 1.06 bits per heavy atom. The predicted molar refractivity (Wildman–Crippen MR) is 74.8 cm³/mol. The fraction of sp³-hybridized carbons (Fsp3) is 0.0714. The number of nitrogens with one attached hydrogen (secondary N) is 1. The van der Waals surface area contributed by atoms with Crippen LogP contribution in [0.25, 0.3) is 0 Å². The molecule has 0 fully saturated rings.